The molecule has 0 aliphatic carbocycles. The van der Waals surface area contributed by atoms with Crippen LogP contribution in [0.2, 0.25) is 0 Å². The lowest BCUT2D eigenvalue weighted by Crippen LogP contribution is -2.14. The molecule has 0 unspecified atom stereocenters. The molecule has 3 aromatic rings. The Labute approximate surface area is 178 Å². The van der Waals surface area contributed by atoms with E-state index < -0.39 is 17.9 Å². The van der Waals surface area contributed by atoms with Crippen molar-refractivity contribution in [2.24, 2.45) is 0 Å². The van der Waals surface area contributed by atoms with Gasteiger partial charge < -0.3 is 18.9 Å². The molecule has 0 aliphatic heterocycles. The molecule has 0 bridgehead atoms. The minimum atomic E-state index is -0.799. The molecule has 8 nitrogen and oxygen atoms in total. The highest BCUT2D eigenvalue weighted by Crippen LogP contribution is 2.35. The summed E-state index contributed by atoms with van der Waals surface area (Å²) in [4.78, 5) is 39.6. The average molecular weight is 423 g/mol. The number of esters is 3. The van der Waals surface area contributed by atoms with Crippen molar-refractivity contribution < 1.29 is 33.3 Å². The van der Waals surface area contributed by atoms with Crippen LogP contribution in [0.1, 0.15) is 35.6 Å². The Balaban J connectivity index is 2.18. The first-order valence-electron chi connectivity index (χ1n) is 9.39. The molecule has 0 saturated heterocycles. The fraction of sp³-hybridized carbons (Fsp3) is 0.217. The predicted octanol–water partition coefficient (Wildman–Crippen LogP) is 4.11. The molecule has 1 heterocycles. The molecule has 0 saturated carbocycles. The Morgan fingerprint density at radius 3 is 2.19 bits per heavy atom. The molecule has 8 heteroatoms. The van der Waals surface area contributed by atoms with E-state index in [0.29, 0.717) is 28.0 Å². The van der Waals surface area contributed by atoms with Crippen LogP contribution in [-0.4, -0.2) is 30.0 Å². The maximum absolute atomic E-state index is 12.3. The first-order chi connectivity index (χ1) is 14.8. The number of methoxy groups -OCH3 is 1. The Bertz CT molecular complexity index is 1150. The molecule has 0 aliphatic rings. The van der Waals surface area contributed by atoms with E-state index in [1.54, 1.807) is 18.2 Å². The summed E-state index contributed by atoms with van der Waals surface area (Å²) < 4.78 is 21.1. The summed E-state index contributed by atoms with van der Waals surface area (Å²) in [6.07, 6.45) is 0. The van der Waals surface area contributed by atoms with Gasteiger partial charge in [0.2, 0.25) is 0 Å². The largest absolute Gasteiger partial charge is 0.464 e. The second-order valence-corrected chi connectivity index (χ2v) is 6.72. The van der Waals surface area contributed by atoms with Gasteiger partial charge in [0.15, 0.2) is 11.4 Å². The summed E-state index contributed by atoms with van der Waals surface area (Å²) >= 11 is 0. The van der Waals surface area contributed by atoms with Crippen molar-refractivity contribution in [1.82, 2.24) is 4.98 Å². The van der Waals surface area contributed by atoms with E-state index in [1.165, 1.54) is 21.0 Å². The van der Waals surface area contributed by atoms with Crippen molar-refractivity contribution in [3.8, 4) is 17.2 Å². The maximum atomic E-state index is 12.3. The van der Waals surface area contributed by atoms with E-state index in [2.05, 4.69) is 4.98 Å². The first-order valence-corrected chi connectivity index (χ1v) is 9.39. The lowest BCUT2D eigenvalue weighted by molar-refractivity contribution is -0.142. The molecular formula is C23H21NO7. The lowest BCUT2D eigenvalue weighted by Gasteiger charge is -2.15. The molecule has 0 atom stereocenters. The van der Waals surface area contributed by atoms with Crippen LogP contribution in [0.4, 0.5) is 0 Å². The Morgan fingerprint density at radius 2 is 1.58 bits per heavy atom. The number of rotatable bonds is 6. The molecular weight excluding hydrogens is 402 g/mol. The molecule has 0 radical (unpaired) electrons. The van der Waals surface area contributed by atoms with Gasteiger partial charge in [-0.1, -0.05) is 17.7 Å². The SMILES string of the molecule is COC(=O)c1nc(COC(C)=O)c2ccc(Oc3ccc(C)cc3)cc2c1OC(C)=O. The predicted molar refractivity (Wildman–Crippen MR) is 111 cm³/mol. The number of nitrogens with zero attached hydrogens (tertiary/aromatic N) is 1. The third kappa shape index (κ3) is 5.16. The highest BCUT2D eigenvalue weighted by Gasteiger charge is 2.23. The third-order valence-corrected chi connectivity index (χ3v) is 4.30. The van der Waals surface area contributed by atoms with Crippen molar-refractivity contribution in [3.63, 3.8) is 0 Å². The van der Waals surface area contributed by atoms with Gasteiger partial charge in [-0.25, -0.2) is 9.78 Å². The maximum Gasteiger partial charge on any atom is 0.360 e. The second-order valence-electron chi connectivity index (χ2n) is 6.72. The van der Waals surface area contributed by atoms with Gasteiger partial charge in [0.05, 0.1) is 12.8 Å². The fourth-order valence-corrected chi connectivity index (χ4v) is 2.90. The van der Waals surface area contributed by atoms with Crippen LogP contribution in [-0.2, 0) is 25.7 Å². The van der Waals surface area contributed by atoms with Gasteiger partial charge in [-0.15, -0.1) is 0 Å². The molecule has 3 rings (SSSR count). The number of carbonyl (C=O) groups excluding carboxylic acids is 3. The molecule has 31 heavy (non-hydrogen) atoms. The average Bonchev–Trinajstić information content (AvgIpc) is 2.73. The number of ether oxygens (including phenoxy) is 4. The van der Waals surface area contributed by atoms with Crippen molar-refractivity contribution in [2.75, 3.05) is 7.11 Å². The van der Waals surface area contributed by atoms with Gasteiger partial charge in [-0.3, -0.25) is 9.59 Å². The summed E-state index contributed by atoms with van der Waals surface area (Å²) in [6, 6.07) is 12.5. The van der Waals surface area contributed by atoms with Crippen LogP contribution in [0.25, 0.3) is 10.8 Å². The minimum absolute atomic E-state index is 0.0599. The summed E-state index contributed by atoms with van der Waals surface area (Å²) in [5.74, 6) is -0.933. The monoisotopic (exact) mass is 423 g/mol. The van der Waals surface area contributed by atoms with E-state index >= 15 is 0 Å². The Morgan fingerprint density at radius 1 is 0.903 bits per heavy atom. The van der Waals surface area contributed by atoms with E-state index in [0.717, 1.165) is 5.56 Å². The zero-order valence-corrected chi connectivity index (χ0v) is 17.6. The fourth-order valence-electron chi connectivity index (χ4n) is 2.90. The van der Waals surface area contributed by atoms with Crippen molar-refractivity contribution in [2.45, 2.75) is 27.4 Å². The zero-order valence-electron chi connectivity index (χ0n) is 17.6. The number of aromatic nitrogens is 1. The smallest absolute Gasteiger partial charge is 0.360 e. The Kier molecular flexibility index (Phi) is 6.49. The van der Waals surface area contributed by atoms with Crippen LogP contribution in [0.5, 0.6) is 17.2 Å². The quantitative estimate of drug-likeness (QED) is 0.546. The van der Waals surface area contributed by atoms with Crippen molar-refractivity contribution in [1.29, 1.82) is 0 Å². The van der Waals surface area contributed by atoms with Crippen molar-refractivity contribution in [3.05, 3.63) is 59.4 Å². The van der Waals surface area contributed by atoms with Crippen LogP contribution >= 0.6 is 0 Å². The third-order valence-electron chi connectivity index (χ3n) is 4.30. The van der Waals surface area contributed by atoms with Gasteiger partial charge in [0.1, 0.15) is 18.1 Å². The van der Waals surface area contributed by atoms with Crippen LogP contribution < -0.4 is 9.47 Å². The van der Waals surface area contributed by atoms with E-state index in [9.17, 15) is 14.4 Å². The number of benzene rings is 2. The highest BCUT2D eigenvalue weighted by molar-refractivity contribution is 6.02. The normalized spacial score (nSPS) is 10.5. The number of fused-ring (bicyclic) bond motifs is 1. The van der Waals surface area contributed by atoms with Crippen LogP contribution in [0.3, 0.4) is 0 Å². The number of hydrogen-bond donors (Lipinski definition) is 0. The molecule has 0 N–H and O–H groups in total. The molecule has 0 fully saturated rings. The van der Waals surface area contributed by atoms with Crippen LogP contribution in [0, 0.1) is 6.92 Å². The van der Waals surface area contributed by atoms with Gasteiger partial charge in [-0.05, 0) is 37.3 Å². The molecule has 1 aromatic heterocycles. The van der Waals surface area contributed by atoms with E-state index in [-0.39, 0.29) is 18.1 Å². The standard InChI is InChI=1S/C23H21NO7/c1-13-5-7-16(8-6-13)31-17-9-10-18-19(11-17)22(30-15(3)26)21(23(27)28-4)24-20(18)12-29-14(2)25/h5-11H,12H2,1-4H3. The lowest BCUT2D eigenvalue weighted by atomic mass is 10.1. The zero-order chi connectivity index (χ0) is 22.5. The number of carbonyl (C=O) groups is 3. The highest BCUT2D eigenvalue weighted by atomic mass is 16.5. The number of aryl methyl sites for hydroxylation is 1. The number of hydrogen-bond acceptors (Lipinski definition) is 8. The molecule has 0 spiro atoms. The minimum Gasteiger partial charge on any atom is -0.464 e. The van der Waals surface area contributed by atoms with Crippen molar-refractivity contribution >= 4 is 28.7 Å². The summed E-state index contributed by atoms with van der Waals surface area (Å²) in [7, 11) is 1.19. The van der Waals surface area contributed by atoms with Gasteiger partial charge >= 0.3 is 17.9 Å². The van der Waals surface area contributed by atoms with Gasteiger partial charge in [-0.2, -0.15) is 0 Å². The topological polar surface area (TPSA) is 101 Å². The summed E-state index contributed by atoms with van der Waals surface area (Å²) in [5.41, 5.74) is 1.19. The number of pyridine rings is 1. The summed E-state index contributed by atoms with van der Waals surface area (Å²) in [6.45, 7) is 4.28. The van der Waals surface area contributed by atoms with E-state index in [4.69, 9.17) is 18.9 Å². The second kappa shape index (κ2) is 9.25. The molecule has 160 valence electrons. The molecule has 2 aromatic carbocycles. The van der Waals surface area contributed by atoms with Gasteiger partial charge in [0, 0.05) is 24.6 Å². The van der Waals surface area contributed by atoms with Crippen LogP contribution in [0.15, 0.2) is 42.5 Å². The Hall–Kier alpha value is -3.94. The van der Waals surface area contributed by atoms with E-state index in [1.807, 2.05) is 31.2 Å². The van der Waals surface area contributed by atoms with Gasteiger partial charge in [0.25, 0.3) is 0 Å². The first kappa shape index (κ1) is 21.8. The summed E-state index contributed by atoms with van der Waals surface area (Å²) in [5, 5.41) is 0.916. The molecule has 0 amide bonds.